The van der Waals surface area contributed by atoms with E-state index in [1.807, 2.05) is 36.4 Å². The van der Waals surface area contributed by atoms with Gasteiger partial charge in [0, 0.05) is 23.2 Å². The van der Waals surface area contributed by atoms with Gasteiger partial charge >= 0.3 is 0 Å². The molecule has 2 aromatic rings. The fourth-order valence-electron chi connectivity index (χ4n) is 1.87. The van der Waals surface area contributed by atoms with Gasteiger partial charge in [-0.3, -0.25) is 4.79 Å². The first kappa shape index (κ1) is 12.2. The Labute approximate surface area is 106 Å². The molecule has 2 aromatic carbocycles. The molecule has 0 radical (unpaired) electrons. The Morgan fingerprint density at radius 2 is 1.78 bits per heavy atom. The number of ether oxygens (including phenoxy) is 1. The monoisotopic (exact) mass is 241 g/mol. The second kappa shape index (κ2) is 5.36. The van der Waals surface area contributed by atoms with Crippen LogP contribution in [0.4, 0.5) is 5.69 Å². The Morgan fingerprint density at radius 1 is 1.11 bits per heavy atom. The number of nitrogens with two attached hydrogens (primary N) is 1. The fourth-order valence-corrected chi connectivity index (χ4v) is 1.87. The van der Waals surface area contributed by atoms with Crippen LogP contribution in [0.2, 0.25) is 0 Å². The Kier molecular flexibility index (Phi) is 3.63. The summed E-state index contributed by atoms with van der Waals surface area (Å²) in [7, 11) is 1.60. The van der Waals surface area contributed by atoms with Gasteiger partial charge in [-0.2, -0.15) is 0 Å². The van der Waals surface area contributed by atoms with E-state index >= 15 is 0 Å². The van der Waals surface area contributed by atoms with Crippen LogP contribution in [-0.4, -0.2) is 12.9 Å². The van der Waals surface area contributed by atoms with Gasteiger partial charge < -0.3 is 10.5 Å². The molecule has 0 atom stereocenters. The second-order valence-electron chi connectivity index (χ2n) is 4.00. The minimum atomic E-state index is -0.00222. The lowest BCUT2D eigenvalue weighted by atomic mass is 10.0. The molecule has 0 bridgehead atoms. The molecule has 0 unspecified atom stereocenters. The van der Waals surface area contributed by atoms with Gasteiger partial charge in [-0.1, -0.05) is 30.3 Å². The minimum Gasteiger partial charge on any atom is -0.496 e. The van der Waals surface area contributed by atoms with Crippen LogP contribution in [0.3, 0.4) is 0 Å². The first-order chi connectivity index (χ1) is 8.72. The van der Waals surface area contributed by atoms with Crippen LogP contribution in [0.15, 0.2) is 48.5 Å². The molecule has 0 saturated heterocycles. The molecule has 0 aromatic heterocycles. The number of carbonyl (C=O) groups excluding carboxylic acids is 1. The summed E-state index contributed by atoms with van der Waals surface area (Å²) in [4.78, 5) is 12.2. The highest BCUT2D eigenvalue weighted by molar-refractivity contribution is 6.02. The lowest BCUT2D eigenvalue weighted by molar-refractivity contribution is 0.0993. The fraction of sp³-hybridized carbons (Fsp3) is 0.133. The SMILES string of the molecule is COc1ccccc1CC(=O)c1ccccc1N. The summed E-state index contributed by atoms with van der Waals surface area (Å²) in [5.74, 6) is 0.720. The molecule has 2 rings (SSSR count). The molecule has 3 heteroatoms. The van der Waals surface area contributed by atoms with Gasteiger partial charge in [0.15, 0.2) is 5.78 Å². The van der Waals surface area contributed by atoms with Crippen molar-refractivity contribution in [1.29, 1.82) is 0 Å². The van der Waals surface area contributed by atoms with Gasteiger partial charge in [-0.25, -0.2) is 0 Å². The first-order valence-electron chi connectivity index (χ1n) is 5.72. The van der Waals surface area contributed by atoms with Crippen LogP contribution < -0.4 is 10.5 Å². The zero-order chi connectivity index (χ0) is 13.0. The van der Waals surface area contributed by atoms with E-state index in [1.165, 1.54) is 0 Å². The molecule has 0 amide bonds. The van der Waals surface area contributed by atoms with Crippen molar-refractivity contribution in [2.75, 3.05) is 12.8 Å². The summed E-state index contributed by atoms with van der Waals surface area (Å²) in [5.41, 5.74) is 7.73. The predicted octanol–water partition coefficient (Wildman–Crippen LogP) is 2.70. The number of carbonyl (C=O) groups is 1. The molecule has 2 N–H and O–H groups in total. The van der Waals surface area contributed by atoms with Gasteiger partial charge in [-0.05, 0) is 18.2 Å². The number of benzene rings is 2. The Bertz CT molecular complexity index is 564. The standard InChI is InChI=1S/C15H15NO2/c1-18-15-9-5-2-6-11(15)10-14(17)12-7-3-4-8-13(12)16/h2-9H,10,16H2,1H3. The Balaban J connectivity index is 2.24. The zero-order valence-corrected chi connectivity index (χ0v) is 10.2. The van der Waals surface area contributed by atoms with Crippen molar-refractivity contribution in [3.8, 4) is 5.75 Å². The number of hydrogen-bond donors (Lipinski definition) is 1. The second-order valence-corrected chi connectivity index (χ2v) is 4.00. The molecule has 0 aliphatic heterocycles. The van der Waals surface area contributed by atoms with Crippen LogP contribution in [0.1, 0.15) is 15.9 Å². The van der Waals surface area contributed by atoms with Crippen molar-refractivity contribution in [2.24, 2.45) is 0 Å². The van der Waals surface area contributed by atoms with Crippen molar-refractivity contribution >= 4 is 11.5 Å². The van der Waals surface area contributed by atoms with E-state index in [0.717, 1.165) is 11.3 Å². The maximum Gasteiger partial charge on any atom is 0.169 e. The normalized spacial score (nSPS) is 10.1. The predicted molar refractivity (Wildman–Crippen MR) is 71.9 cm³/mol. The van der Waals surface area contributed by atoms with Crippen LogP contribution in [0.25, 0.3) is 0 Å². The van der Waals surface area contributed by atoms with Crippen molar-refractivity contribution < 1.29 is 9.53 Å². The molecule has 0 aliphatic rings. The van der Waals surface area contributed by atoms with Gasteiger partial charge in [-0.15, -0.1) is 0 Å². The van der Waals surface area contributed by atoms with Gasteiger partial charge in [0.25, 0.3) is 0 Å². The largest absolute Gasteiger partial charge is 0.496 e. The highest BCUT2D eigenvalue weighted by Crippen LogP contribution is 2.21. The molecular formula is C15H15NO2. The number of para-hydroxylation sites is 2. The van der Waals surface area contributed by atoms with Gasteiger partial charge in [0.2, 0.25) is 0 Å². The van der Waals surface area contributed by atoms with Crippen molar-refractivity contribution in [2.45, 2.75) is 6.42 Å². The van der Waals surface area contributed by atoms with E-state index in [1.54, 1.807) is 19.2 Å². The van der Waals surface area contributed by atoms with Crippen molar-refractivity contribution in [3.63, 3.8) is 0 Å². The molecule has 0 saturated carbocycles. The van der Waals surface area contributed by atoms with E-state index in [4.69, 9.17) is 10.5 Å². The van der Waals surface area contributed by atoms with Crippen molar-refractivity contribution in [3.05, 3.63) is 59.7 Å². The highest BCUT2D eigenvalue weighted by atomic mass is 16.5. The molecule has 18 heavy (non-hydrogen) atoms. The third-order valence-corrected chi connectivity index (χ3v) is 2.80. The van der Waals surface area contributed by atoms with Gasteiger partial charge in [0.1, 0.15) is 5.75 Å². The lowest BCUT2D eigenvalue weighted by Crippen LogP contribution is -2.07. The molecule has 0 heterocycles. The summed E-state index contributed by atoms with van der Waals surface area (Å²) in [6.07, 6.45) is 0.290. The van der Waals surface area contributed by atoms with Crippen molar-refractivity contribution in [1.82, 2.24) is 0 Å². The number of hydrogen-bond acceptors (Lipinski definition) is 3. The van der Waals surface area contributed by atoms with E-state index in [0.29, 0.717) is 11.3 Å². The summed E-state index contributed by atoms with van der Waals surface area (Å²) in [5, 5.41) is 0. The van der Waals surface area contributed by atoms with E-state index in [2.05, 4.69) is 0 Å². The summed E-state index contributed by atoms with van der Waals surface area (Å²) in [6, 6.07) is 14.6. The summed E-state index contributed by atoms with van der Waals surface area (Å²) >= 11 is 0. The van der Waals surface area contributed by atoms with E-state index in [-0.39, 0.29) is 12.2 Å². The Morgan fingerprint density at radius 3 is 2.50 bits per heavy atom. The average molecular weight is 241 g/mol. The third-order valence-electron chi connectivity index (χ3n) is 2.80. The molecule has 92 valence electrons. The molecule has 0 fully saturated rings. The third kappa shape index (κ3) is 2.51. The smallest absolute Gasteiger partial charge is 0.169 e. The van der Waals surface area contributed by atoms with E-state index in [9.17, 15) is 4.79 Å². The Hall–Kier alpha value is -2.29. The maximum absolute atomic E-state index is 12.2. The molecule has 0 spiro atoms. The topological polar surface area (TPSA) is 52.3 Å². The zero-order valence-electron chi connectivity index (χ0n) is 10.2. The quantitative estimate of drug-likeness (QED) is 0.661. The summed E-state index contributed by atoms with van der Waals surface area (Å²) < 4.78 is 5.23. The number of methoxy groups -OCH3 is 1. The summed E-state index contributed by atoms with van der Waals surface area (Å²) in [6.45, 7) is 0. The van der Waals surface area contributed by atoms with Crippen LogP contribution >= 0.6 is 0 Å². The lowest BCUT2D eigenvalue weighted by Gasteiger charge is -2.08. The number of nitrogen functional groups attached to an aromatic ring is 1. The highest BCUT2D eigenvalue weighted by Gasteiger charge is 2.12. The van der Waals surface area contributed by atoms with Crippen LogP contribution in [0, 0.1) is 0 Å². The minimum absolute atomic E-state index is 0.00222. The number of Topliss-reactive ketones (excluding diaryl/α,β-unsaturated/α-hetero) is 1. The van der Waals surface area contributed by atoms with Crippen LogP contribution in [0.5, 0.6) is 5.75 Å². The van der Waals surface area contributed by atoms with Gasteiger partial charge in [0.05, 0.1) is 7.11 Å². The molecule has 0 aliphatic carbocycles. The number of anilines is 1. The maximum atomic E-state index is 12.2. The molecule has 3 nitrogen and oxygen atoms in total. The number of ketones is 1. The van der Waals surface area contributed by atoms with Crippen LogP contribution in [-0.2, 0) is 6.42 Å². The number of rotatable bonds is 4. The first-order valence-corrected chi connectivity index (χ1v) is 5.72. The molecular weight excluding hydrogens is 226 g/mol. The van der Waals surface area contributed by atoms with E-state index < -0.39 is 0 Å². The average Bonchev–Trinajstić information content (AvgIpc) is 2.39.